The number of carbonyl (C=O) groups excluding carboxylic acids is 1. The molecule has 0 aliphatic heterocycles. The zero-order valence-electron chi connectivity index (χ0n) is 11.0. The predicted octanol–water partition coefficient (Wildman–Crippen LogP) is 5.17. The summed E-state index contributed by atoms with van der Waals surface area (Å²) >= 11 is 15.1. The molecular weight excluding hydrogens is 380 g/mol. The molecule has 2 aromatic rings. The highest BCUT2D eigenvalue weighted by Crippen LogP contribution is 2.24. The number of amides is 1. The summed E-state index contributed by atoms with van der Waals surface area (Å²) in [7, 11) is 1.59. The van der Waals surface area contributed by atoms with Gasteiger partial charge in [-0.05, 0) is 45.8 Å². The fourth-order valence-corrected chi connectivity index (χ4v) is 2.85. The summed E-state index contributed by atoms with van der Waals surface area (Å²) in [4.78, 5) is 13.8. The van der Waals surface area contributed by atoms with Crippen LogP contribution in [-0.2, 0) is 6.54 Å². The van der Waals surface area contributed by atoms with E-state index in [4.69, 9.17) is 23.2 Å². The molecule has 21 heavy (non-hydrogen) atoms. The van der Waals surface area contributed by atoms with E-state index < -0.39 is 11.7 Å². The van der Waals surface area contributed by atoms with Gasteiger partial charge in [0.2, 0.25) is 0 Å². The zero-order valence-corrected chi connectivity index (χ0v) is 14.1. The first-order valence-corrected chi connectivity index (χ1v) is 7.58. The Balaban J connectivity index is 2.24. The molecule has 0 saturated heterocycles. The molecule has 0 spiro atoms. The molecule has 0 unspecified atom stereocenters. The molecule has 0 radical (unpaired) electrons. The van der Waals surface area contributed by atoms with Gasteiger partial charge in [0.15, 0.2) is 0 Å². The molecule has 2 aromatic carbocycles. The van der Waals surface area contributed by atoms with Crippen molar-refractivity contribution in [2.45, 2.75) is 6.54 Å². The van der Waals surface area contributed by atoms with E-state index in [9.17, 15) is 9.18 Å². The topological polar surface area (TPSA) is 20.3 Å². The number of nitrogens with zero attached hydrogens (tertiary/aromatic N) is 1. The Hall–Kier alpha value is -1.10. The maximum Gasteiger partial charge on any atom is 0.258 e. The van der Waals surface area contributed by atoms with Gasteiger partial charge in [-0.1, -0.05) is 35.3 Å². The maximum atomic E-state index is 13.8. The minimum atomic E-state index is -0.566. The minimum absolute atomic E-state index is 0.00471. The molecule has 0 N–H and O–H groups in total. The number of hydrogen-bond donors (Lipinski definition) is 0. The van der Waals surface area contributed by atoms with Gasteiger partial charge >= 0.3 is 0 Å². The fraction of sp³-hybridized carbons (Fsp3) is 0.133. The number of rotatable bonds is 3. The Kier molecular flexibility index (Phi) is 5.25. The lowest BCUT2D eigenvalue weighted by Gasteiger charge is -2.19. The lowest BCUT2D eigenvalue weighted by molar-refractivity contribution is 0.0779. The molecular formula is C15H11BrCl2FNO. The first kappa shape index (κ1) is 16.3. The normalized spacial score (nSPS) is 10.5. The highest BCUT2D eigenvalue weighted by molar-refractivity contribution is 9.10. The summed E-state index contributed by atoms with van der Waals surface area (Å²) in [5.41, 5.74) is 0.745. The lowest BCUT2D eigenvalue weighted by Crippen LogP contribution is -2.27. The molecule has 2 nitrogen and oxygen atoms in total. The third-order valence-electron chi connectivity index (χ3n) is 2.95. The Morgan fingerprint density at radius 3 is 2.62 bits per heavy atom. The van der Waals surface area contributed by atoms with E-state index in [1.54, 1.807) is 31.3 Å². The van der Waals surface area contributed by atoms with Gasteiger partial charge < -0.3 is 4.90 Å². The molecule has 0 aliphatic rings. The summed E-state index contributed by atoms with van der Waals surface area (Å²) in [5.74, 6) is -0.991. The van der Waals surface area contributed by atoms with Crippen LogP contribution < -0.4 is 0 Å². The van der Waals surface area contributed by atoms with Crippen molar-refractivity contribution in [3.8, 4) is 0 Å². The Labute approximate surface area is 140 Å². The Morgan fingerprint density at radius 2 is 2.00 bits per heavy atom. The molecule has 1 amide bonds. The van der Waals surface area contributed by atoms with Gasteiger partial charge in [0.1, 0.15) is 5.82 Å². The smallest absolute Gasteiger partial charge is 0.258 e. The van der Waals surface area contributed by atoms with Crippen LogP contribution in [0.25, 0.3) is 0 Å². The minimum Gasteiger partial charge on any atom is -0.337 e. The summed E-state index contributed by atoms with van der Waals surface area (Å²) in [6, 6.07) is 9.45. The molecule has 0 saturated carbocycles. The van der Waals surface area contributed by atoms with Crippen molar-refractivity contribution in [1.82, 2.24) is 4.90 Å². The third kappa shape index (κ3) is 3.76. The molecule has 110 valence electrons. The number of carbonyl (C=O) groups is 1. The second-order valence-electron chi connectivity index (χ2n) is 4.49. The second kappa shape index (κ2) is 6.77. The fourth-order valence-electron chi connectivity index (χ4n) is 1.87. The summed E-state index contributed by atoms with van der Waals surface area (Å²) in [5, 5.41) is 0.990. The number of benzene rings is 2. The SMILES string of the molecule is CN(Cc1ccc(Cl)cc1Cl)C(=O)c1c(F)cccc1Br. The summed E-state index contributed by atoms with van der Waals surface area (Å²) in [6.07, 6.45) is 0. The quantitative estimate of drug-likeness (QED) is 0.708. The van der Waals surface area contributed by atoms with E-state index in [1.807, 2.05) is 0 Å². The van der Waals surface area contributed by atoms with Gasteiger partial charge in [-0.25, -0.2) is 4.39 Å². The predicted molar refractivity (Wildman–Crippen MR) is 86.4 cm³/mol. The first-order valence-electron chi connectivity index (χ1n) is 6.03. The van der Waals surface area contributed by atoms with Crippen molar-refractivity contribution in [3.05, 3.63) is 67.9 Å². The summed E-state index contributed by atoms with van der Waals surface area (Å²) < 4.78 is 14.2. The van der Waals surface area contributed by atoms with E-state index in [0.717, 1.165) is 5.56 Å². The van der Waals surface area contributed by atoms with Crippen LogP contribution in [0, 0.1) is 5.82 Å². The molecule has 2 rings (SSSR count). The van der Waals surface area contributed by atoms with Crippen LogP contribution in [0.5, 0.6) is 0 Å². The van der Waals surface area contributed by atoms with Crippen LogP contribution in [0.15, 0.2) is 40.9 Å². The molecule has 0 fully saturated rings. The molecule has 0 heterocycles. The summed E-state index contributed by atoms with van der Waals surface area (Å²) in [6.45, 7) is 0.260. The van der Waals surface area contributed by atoms with Crippen LogP contribution in [0.4, 0.5) is 4.39 Å². The Morgan fingerprint density at radius 1 is 1.29 bits per heavy atom. The van der Waals surface area contributed by atoms with Crippen molar-refractivity contribution in [2.75, 3.05) is 7.05 Å². The van der Waals surface area contributed by atoms with Crippen LogP contribution in [0.2, 0.25) is 10.0 Å². The molecule has 0 atom stereocenters. The van der Waals surface area contributed by atoms with E-state index in [-0.39, 0.29) is 12.1 Å². The maximum absolute atomic E-state index is 13.8. The van der Waals surface area contributed by atoms with Gasteiger partial charge in [-0.2, -0.15) is 0 Å². The van der Waals surface area contributed by atoms with Gasteiger partial charge in [0.25, 0.3) is 5.91 Å². The van der Waals surface area contributed by atoms with E-state index in [2.05, 4.69) is 15.9 Å². The standard InChI is InChI=1S/C15H11BrCl2FNO/c1-20(8-9-5-6-10(17)7-12(9)18)15(21)14-11(16)3-2-4-13(14)19/h2-7H,8H2,1H3. The second-order valence-corrected chi connectivity index (χ2v) is 6.19. The average Bonchev–Trinajstić information content (AvgIpc) is 2.41. The molecule has 0 bridgehead atoms. The van der Waals surface area contributed by atoms with Crippen LogP contribution in [-0.4, -0.2) is 17.9 Å². The average molecular weight is 391 g/mol. The van der Waals surface area contributed by atoms with Crippen molar-refractivity contribution in [1.29, 1.82) is 0 Å². The highest BCUT2D eigenvalue weighted by Gasteiger charge is 2.20. The van der Waals surface area contributed by atoms with E-state index in [0.29, 0.717) is 14.5 Å². The van der Waals surface area contributed by atoms with E-state index in [1.165, 1.54) is 17.0 Å². The van der Waals surface area contributed by atoms with Crippen molar-refractivity contribution >= 4 is 45.0 Å². The van der Waals surface area contributed by atoms with Crippen LogP contribution in [0.3, 0.4) is 0 Å². The van der Waals surface area contributed by atoms with Gasteiger partial charge in [0.05, 0.1) is 5.56 Å². The first-order chi connectivity index (χ1) is 9.90. The highest BCUT2D eigenvalue weighted by atomic mass is 79.9. The van der Waals surface area contributed by atoms with E-state index >= 15 is 0 Å². The molecule has 0 aromatic heterocycles. The van der Waals surface area contributed by atoms with Gasteiger partial charge in [-0.3, -0.25) is 4.79 Å². The molecule has 0 aliphatic carbocycles. The monoisotopic (exact) mass is 389 g/mol. The van der Waals surface area contributed by atoms with Crippen molar-refractivity contribution in [3.63, 3.8) is 0 Å². The van der Waals surface area contributed by atoms with Crippen molar-refractivity contribution in [2.24, 2.45) is 0 Å². The number of hydrogen-bond acceptors (Lipinski definition) is 1. The largest absolute Gasteiger partial charge is 0.337 e. The van der Waals surface area contributed by atoms with Crippen LogP contribution >= 0.6 is 39.1 Å². The zero-order chi connectivity index (χ0) is 15.6. The molecule has 6 heteroatoms. The van der Waals surface area contributed by atoms with Crippen LogP contribution in [0.1, 0.15) is 15.9 Å². The van der Waals surface area contributed by atoms with Gasteiger partial charge in [0, 0.05) is 28.1 Å². The number of halogens is 4. The van der Waals surface area contributed by atoms with Gasteiger partial charge in [-0.15, -0.1) is 0 Å². The lowest BCUT2D eigenvalue weighted by atomic mass is 10.1. The third-order valence-corrected chi connectivity index (χ3v) is 4.19. The Bertz CT molecular complexity index is 673. The van der Waals surface area contributed by atoms with Crippen molar-refractivity contribution < 1.29 is 9.18 Å².